The van der Waals surface area contributed by atoms with Gasteiger partial charge in [-0.05, 0) is 63.4 Å². The van der Waals surface area contributed by atoms with Gasteiger partial charge in [0.15, 0.2) is 5.78 Å². The Morgan fingerprint density at radius 2 is 2.14 bits per heavy atom. The van der Waals surface area contributed by atoms with Crippen molar-refractivity contribution in [3.63, 3.8) is 0 Å². The number of aromatic hydroxyl groups is 1. The molecule has 1 fully saturated rings. The molecule has 1 aromatic carbocycles. The molecule has 0 bridgehead atoms. The number of phenols is 1. The largest absolute Gasteiger partial charge is 0.508 e. The van der Waals surface area contributed by atoms with E-state index in [1.807, 2.05) is 6.07 Å². The monoisotopic (exact) mass is 289 g/mol. The summed E-state index contributed by atoms with van der Waals surface area (Å²) in [5.74, 6) is 1.21. The van der Waals surface area contributed by atoms with Crippen LogP contribution in [0.5, 0.6) is 5.75 Å². The first-order valence-corrected chi connectivity index (χ1v) is 8.15. The van der Waals surface area contributed by atoms with Gasteiger partial charge in [-0.15, -0.1) is 0 Å². The third kappa shape index (κ3) is 4.57. The number of Topliss-reactive ketones (excluding diaryl/α,β-unsaturated/α-hetero) is 1. The first kappa shape index (κ1) is 16.0. The molecule has 1 N–H and O–H groups in total. The smallest absolute Gasteiger partial charge is 0.159 e. The lowest BCUT2D eigenvalue weighted by molar-refractivity contribution is 0.101. The second-order valence-corrected chi connectivity index (χ2v) is 6.26. The number of nitrogens with zero attached hydrogens (tertiary/aromatic N) is 1. The van der Waals surface area contributed by atoms with Gasteiger partial charge in [-0.2, -0.15) is 0 Å². The van der Waals surface area contributed by atoms with Gasteiger partial charge < -0.3 is 5.11 Å². The first-order valence-electron chi connectivity index (χ1n) is 8.15. The molecular formula is C18H27NO2. The number of likely N-dealkylation sites (tertiary alicyclic amines) is 1. The lowest BCUT2D eigenvalue weighted by atomic mass is 9.96. The van der Waals surface area contributed by atoms with E-state index in [1.54, 1.807) is 19.1 Å². The third-order valence-corrected chi connectivity index (χ3v) is 4.52. The number of phenolic OH excluding ortho intramolecular Hbond substituents is 1. The van der Waals surface area contributed by atoms with Crippen LogP contribution in [0.4, 0.5) is 0 Å². The highest BCUT2D eigenvalue weighted by Gasteiger charge is 2.17. The molecular weight excluding hydrogens is 262 g/mol. The molecule has 1 aliphatic heterocycles. The van der Waals surface area contributed by atoms with Crippen molar-refractivity contribution in [1.29, 1.82) is 0 Å². The van der Waals surface area contributed by atoms with E-state index in [2.05, 4.69) is 11.8 Å². The van der Waals surface area contributed by atoms with Gasteiger partial charge in [-0.3, -0.25) is 9.69 Å². The molecule has 3 nitrogen and oxygen atoms in total. The molecule has 1 aliphatic rings. The molecule has 0 saturated carbocycles. The Morgan fingerprint density at radius 3 is 2.86 bits per heavy atom. The molecule has 2 rings (SSSR count). The maximum absolute atomic E-state index is 11.5. The van der Waals surface area contributed by atoms with Crippen LogP contribution in [0.3, 0.4) is 0 Å². The minimum atomic E-state index is 0.0510. The van der Waals surface area contributed by atoms with Gasteiger partial charge >= 0.3 is 0 Å². The van der Waals surface area contributed by atoms with Crippen molar-refractivity contribution in [2.24, 2.45) is 5.92 Å². The number of rotatable bonds is 5. The van der Waals surface area contributed by atoms with Crippen molar-refractivity contribution in [3.05, 3.63) is 29.3 Å². The third-order valence-electron chi connectivity index (χ3n) is 4.52. The maximum Gasteiger partial charge on any atom is 0.159 e. The summed E-state index contributed by atoms with van der Waals surface area (Å²) in [6.45, 7) is 6.75. The molecule has 1 heterocycles. The first-order chi connectivity index (χ1) is 10.1. The summed E-state index contributed by atoms with van der Waals surface area (Å²) in [6, 6.07) is 5.18. The predicted molar refractivity (Wildman–Crippen MR) is 85.6 cm³/mol. The Kier molecular flexibility index (Phi) is 5.80. The van der Waals surface area contributed by atoms with Gasteiger partial charge in [-0.1, -0.05) is 19.8 Å². The number of carbonyl (C=O) groups excluding carboxylic acids is 1. The van der Waals surface area contributed by atoms with E-state index in [0.29, 0.717) is 11.3 Å². The van der Waals surface area contributed by atoms with Crippen LogP contribution in [-0.4, -0.2) is 28.9 Å². The Hall–Kier alpha value is -1.35. The molecule has 1 aromatic rings. The highest BCUT2D eigenvalue weighted by molar-refractivity contribution is 5.94. The van der Waals surface area contributed by atoms with Gasteiger partial charge in [0.25, 0.3) is 0 Å². The van der Waals surface area contributed by atoms with Crippen LogP contribution in [0.15, 0.2) is 18.2 Å². The van der Waals surface area contributed by atoms with Crippen LogP contribution in [0, 0.1) is 5.92 Å². The fourth-order valence-corrected chi connectivity index (χ4v) is 3.25. The number of hydrogen-bond donors (Lipinski definition) is 1. The van der Waals surface area contributed by atoms with Crippen molar-refractivity contribution in [1.82, 2.24) is 4.90 Å². The average Bonchev–Trinajstić information content (AvgIpc) is 2.67. The summed E-state index contributed by atoms with van der Waals surface area (Å²) in [4.78, 5) is 13.9. The highest BCUT2D eigenvalue weighted by Crippen LogP contribution is 2.25. The SMILES string of the molecule is CCCC1CCCN(Cc2cc(C(C)=O)ccc2O)CC1. The zero-order valence-electron chi connectivity index (χ0n) is 13.3. The number of carbonyl (C=O) groups is 1. The summed E-state index contributed by atoms with van der Waals surface area (Å²) in [7, 11) is 0. The Bertz CT molecular complexity index is 484. The zero-order chi connectivity index (χ0) is 15.2. The van der Waals surface area contributed by atoms with Gasteiger partial charge in [0.1, 0.15) is 5.75 Å². The van der Waals surface area contributed by atoms with Crippen LogP contribution in [0.2, 0.25) is 0 Å². The number of hydrogen-bond acceptors (Lipinski definition) is 3. The Balaban J connectivity index is 2.01. The van der Waals surface area contributed by atoms with E-state index < -0.39 is 0 Å². The highest BCUT2D eigenvalue weighted by atomic mass is 16.3. The van der Waals surface area contributed by atoms with Gasteiger partial charge in [-0.25, -0.2) is 0 Å². The molecule has 1 unspecified atom stereocenters. The summed E-state index contributed by atoms with van der Waals surface area (Å²) in [5.41, 5.74) is 1.55. The fourth-order valence-electron chi connectivity index (χ4n) is 3.25. The molecule has 0 amide bonds. The van der Waals surface area contributed by atoms with Crippen molar-refractivity contribution in [2.45, 2.75) is 52.5 Å². The van der Waals surface area contributed by atoms with Gasteiger partial charge in [0.05, 0.1) is 0 Å². The van der Waals surface area contributed by atoms with E-state index in [1.165, 1.54) is 32.1 Å². The summed E-state index contributed by atoms with van der Waals surface area (Å²) >= 11 is 0. The van der Waals surface area contributed by atoms with E-state index in [0.717, 1.165) is 31.1 Å². The molecule has 116 valence electrons. The molecule has 0 aliphatic carbocycles. The van der Waals surface area contributed by atoms with Crippen LogP contribution in [0.1, 0.15) is 61.9 Å². The van der Waals surface area contributed by atoms with E-state index in [4.69, 9.17) is 0 Å². The second kappa shape index (κ2) is 7.60. The van der Waals surface area contributed by atoms with Gasteiger partial charge in [0.2, 0.25) is 0 Å². The number of ketones is 1. The molecule has 1 saturated heterocycles. The standard InChI is InChI=1S/C18H27NO2/c1-3-5-15-6-4-10-19(11-9-15)13-17-12-16(14(2)20)7-8-18(17)21/h7-8,12,15,21H,3-6,9-11,13H2,1-2H3. The topological polar surface area (TPSA) is 40.5 Å². The molecule has 21 heavy (non-hydrogen) atoms. The van der Waals surface area contributed by atoms with Crippen LogP contribution < -0.4 is 0 Å². The van der Waals surface area contributed by atoms with Crippen molar-refractivity contribution in [3.8, 4) is 5.75 Å². The van der Waals surface area contributed by atoms with Crippen LogP contribution >= 0.6 is 0 Å². The van der Waals surface area contributed by atoms with Crippen molar-refractivity contribution < 1.29 is 9.90 Å². The zero-order valence-corrected chi connectivity index (χ0v) is 13.3. The maximum atomic E-state index is 11.5. The second-order valence-electron chi connectivity index (χ2n) is 6.26. The van der Waals surface area contributed by atoms with Crippen molar-refractivity contribution >= 4 is 5.78 Å². The number of benzene rings is 1. The molecule has 0 spiro atoms. The van der Waals surface area contributed by atoms with Crippen LogP contribution in [-0.2, 0) is 6.54 Å². The quantitative estimate of drug-likeness (QED) is 0.833. The van der Waals surface area contributed by atoms with Crippen molar-refractivity contribution in [2.75, 3.05) is 13.1 Å². The lowest BCUT2D eigenvalue weighted by Gasteiger charge is -2.21. The lowest BCUT2D eigenvalue weighted by Crippen LogP contribution is -2.24. The van der Waals surface area contributed by atoms with E-state index in [-0.39, 0.29) is 5.78 Å². The van der Waals surface area contributed by atoms with Gasteiger partial charge in [0, 0.05) is 17.7 Å². The Morgan fingerprint density at radius 1 is 1.33 bits per heavy atom. The molecule has 3 heteroatoms. The van der Waals surface area contributed by atoms with E-state index in [9.17, 15) is 9.90 Å². The Labute approximate surface area is 128 Å². The minimum Gasteiger partial charge on any atom is -0.508 e. The average molecular weight is 289 g/mol. The summed E-state index contributed by atoms with van der Waals surface area (Å²) in [6.07, 6.45) is 6.41. The predicted octanol–water partition coefficient (Wildman–Crippen LogP) is 4.00. The fraction of sp³-hybridized carbons (Fsp3) is 0.611. The summed E-state index contributed by atoms with van der Waals surface area (Å²) < 4.78 is 0. The molecule has 1 atom stereocenters. The minimum absolute atomic E-state index is 0.0510. The molecule has 0 aromatic heterocycles. The normalized spacial score (nSPS) is 20.2. The van der Waals surface area contributed by atoms with E-state index >= 15 is 0 Å². The summed E-state index contributed by atoms with van der Waals surface area (Å²) in [5, 5.41) is 10.0. The van der Waals surface area contributed by atoms with Crippen LogP contribution in [0.25, 0.3) is 0 Å². The molecule has 0 radical (unpaired) electrons.